The van der Waals surface area contributed by atoms with E-state index < -0.39 is 5.97 Å². The normalized spacial score (nSPS) is 10.9. The molecule has 2 aromatic carbocycles. The van der Waals surface area contributed by atoms with Crippen LogP contribution in [0.1, 0.15) is 15.6 Å². The van der Waals surface area contributed by atoms with E-state index in [-0.39, 0.29) is 18.3 Å². The van der Waals surface area contributed by atoms with E-state index >= 15 is 0 Å². The number of carbonyl (C=O) groups is 1. The quantitative estimate of drug-likeness (QED) is 0.507. The Morgan fingerprint density at radius 1 is 1.16 bits per heavy atom. The van der Waals surface area contributed by atoms with Crippen LogP contribution in [0.2, 0.25) is 0 Å². The van der Waals surface area contributed by atoms with Crippen LogP contribution in [0, 0.1) is 5.82 Å². The van der Waals surface area contributed by atoms with Crippen LogP contribution in [0.4, 0.5) is 4.39 Å². The number of esters is 1. The van der Waals surface area contributed by atoms with E-state index in [0.29, 0.717) is 16.1 Å². The Hall–Kier alpha value is -3.06. The third kappa shape index (κ3) is 3.27. The summed E-state index contributed by atoms with van der Waals surface area (Å²) >= 11 is 1.24. The van der Waals surface area contributed by atoms with Gasteiger partial charge in [-0.2, -0.15) is 4.98 Å². The fourth-order valence-corrected chi connectivity index (χ4v) is 3.27. The molecule has 124 valence electrons. The summed E-state index contributed by atoms with van der Waals surface area (Å²) in [6, 6.07) is 15.3. The first-order valence-corrected chi connectivity index (χ1v) is 8.25. The van der Waals surface area contributed by atoms with Crippen molar-refractivity contribution in [3.63, 3.8) is 0 Å². The van der Waals surface area contributed by atoms with Crippen LogP contribution in [0.3, 0.4) is 0 Å². The van der Waals surface area contributed by atoms with Gasteiger partial charge in [-0.3, -0.25) is 0 Å². The van der Waals surface area contributed by atoms with Crippen molar-refractivity contribution in [1.82, 2.24) is 10.1 Å². The lowest BCUT2D eigenvalue weighted by Gasteiger charge is -1.98. The zero-order valence-corrected chi connectivity index (χ0v) is 13.6. The maximum atomic E-state index is 13.2. The monoisotopic (exact) mass is 354 g/mol. The van der Waals surface area contributed by atoms with Gasteiger partial charge in [-0.25, -0.2) is 9.18 Å². The van der Waals surface area contributed by atoms with E-state index in [9.17, 15) is 9.18 Å². The fourth-order valence-electron chi connectivity index (χ4n) is 2.33. The predicted molar refractivity (Wildman–Crippen MR) is 90.6 cm³/mol. The molecule has 0 aliphatic carbocycles. The summed E-state index contributed by atoms with van der Waals surface area (Å²) in [6.45, 7) is -0.124. The number of benzene rings is 2. The SMILES string of the molecule is O=C(OCc1nc(-c2ccccc2)no1)c1cc2cc(F)ccc2s1. The number of ether oxygens (including phenoxy) is 1. The van der Waals surface area contributed by atoms with Crippen LogP contribution in [0.5, 0.6) is 0 Å². The number of nitrogens with zero attached hydrogens (tertiary/aromatic N) is 2. The Morgan fingerprint density at radius 2 is 2.00 bits per heavy atom. The molecule has 0 aliphatic heterocycles. The fraction of sp³-hybridized carbons (Fsp3) is 0.0556. The second kappa shape index (κ2) is 6.45. The maximum Gasteiger partial charge on any atom is 0.348 e. The van der Waals surface area contributed by atoms with Gasteiger partial charge in [0.25, 0.3) is 5.89 Å². The Kier molecular flexibility index (Phi) is 3.99. The lowest BCUT2D eigenvalue weighted by molar-refractivity contribution is 0.0435. The lowest BCUT2D eigenvalue weighted by atomic mass is 10.2. The molecule has 0 aliphatic rings. The van der Waals surface area contributed by atoms with Gasteiger partial charge in [0.05, 0.1) is 0 Å². The third-order valence-electron chi connectivity index (χ3n) is 3.51. The average molecular weight is 354 g/mol. The van der Waals surface area contributed by atoms with Gasteiger partial charge in [0.2, 0.25) is 5.82 Å². The van der Waals surface area contributed by atoms with Crippen molar-refractivity contribution >= 4 is 27.4 Å². The minimum atomic E-state index is -0.513. The summed E-state index contributed by atoms with van der Waals surface area (Å²) in [5.41, 5.74) is 0.815. The lowest BCUT2D eigenvalue weighted by Crippen LogP contribution is -2.03. The molecule has 4 aromatic rings. The zero-order valence-electron chi connectivity index (χ0n) is 12.8. The van der Waals surface area contributed by atoms with Gasteiger partial charge in [-0.05, 0) is 29.7 Å². The Balaban J connectivity index is 1.45. The summed E-state index contributed by atoms with van der Waals surface area (Å²) in [7, 11) is 0. The van der Waals surface area contributed by atoms with Crippen LogP contribution in [-0.2, 0) is 11.3 Å². The molecule has 0 bridgehead atoms. The molecule has 2 heterocycles. The van der Waals surface area contributed by atoms with Gasteiger partial charge in [-0.1, -0.05) is 35.5 Å². The van der Waals surface area contributed by atoms with Gasteiger partial charge in [0, 0.05) is 10.3 Å². The molecule has 0 N–H and O–H groups in total. The smallest absolute Gasteiger partial charge is 0.348 e. The number of carbonyl (C=O) groups excluding carboxylic acids is 1. The molecule has 5 nitrogen and oxygen atoms in total. The van der Waals surface area contributed by atoms with Crippen LogP contribution in [-0.4, -0.2) is 16.1 Å². The molecule has 0 amide bonds. The van der Waals surface area contributed by atoms with E-state index in [1.54, 1.807) is 12.1 Å². The minimum Gasteiger partial charge on any atom is -0.451 e. The molecule has 0 spiro atoms. The van der Waals surface area contributed by atoms with Crippen molar-refractivity contribution in [2.75, 3.05) is 0 Å². The Labute approximate surface area is 145 Å². The van der Waals surface area contributed by atoms with Crippen LogP contribution < -0.4 is 0 Å². The van der Waals surface area contributed by atoms with Crippen molar-refractivity contribution in [2.45, 2.75) is 6.61 Å². The average Bonchev–Trinajstić information content (AvgIpc) is 3.27. The molecule has 0 saturated heterocycles. The number of thiophene rings is 1. The van der Waals surface area contributed by atoms with E-state index in [1.807, 2.05) is 30.3 Å². The van der Waals surface area contributed by atoms with Crippen molar-refractivity contribution in [3.05, 3.63) is 71.2 Å². The number of aromatic nitrogens is 2. The zero-order chi connectivity index (χ0) is 17.2. The maximum absolute atomic E-state index is 13.2. The number of halogens is 1. The molecule has 0 saturated carbocycles. The van der Waals surface area contributed by atoms with E-state index in [0.717, 1.165) is 10.3 Å². The van der Waals surface area contributed by atoms with Crippen LogP contribution >= 0.6 is 11.3 Å². The van der Waals surface area contributed by atoms with Crippen molar-refractivity contribution < 1.29 is 18.4 Å². The second-order valence-corrected chi connectivity index (χ2v) is 6.33. The van der Waals surface area contributed by atoms with Gasteiger partial charge in [0.1, 0.15) is 10.7 Å². The number of fused-ring (bicyclic) bond motifs is 1. The van der Waals surface area contributed by atoms with E-state index in [4.69, 9.17) is 9.26 Å². The molecule has 0 atom stereocenters. The Bertz CT molecular complexity index is 1040. The first-order chi connectivity index (χ1) is 12.2. The molecule has 0 radical (unpaired) electrons. The molecule has 0 fully saturated rings. The van der Waals surface area contributed by atoms with Crippen molar-refractivity contribution in [1.29, 1.82) is 0 Å². The standard InChI is InChI=1S/C18H11FN2O3S/c19-13-6-7-14-12(8-13)9-15(25-14)18(22)23-10-16-20-17(21-24-16)11-4-2-1-3-5-11/h1-9H,10H2. The highest BCUT2D eigenvalue weighted by atomic mass is 32.1. The summed E-state index contributed by atoms with van der Waals surface area (Å²) in [5, 5.41) is 4.53. The topological polar surface area (TPSA) is 65.2 Å². The number of rotatable bonds is 4. The Morgan fingerprint density at radius 3 is 2.84 bits per heavy atom. The molecule has 7 heteroatoms. The first-order valence-electron chi connectivity index (χ1n) is 7.43. The van der Waals surface area contributed by atoms with Crippen molar-refractivity contribution in [3.8, 4) is 11.4 Å². The third-order valence-corrected chi connectivity index (χ3v) is 4.60. The van der Waals surface area contributed by atoms with E-state index in [2.05, 4.69) is 10.1 Å². The molecule has 4 rings (SSSR count). The van der Waals surface area contributed by atoms with Gasteiger partial charge in [0.15, 0.2) is 6.61 Å². The minimum absolute atomic E-state index is 0.124. The first kappa shape index (κ1) is 15.5. The van der Waals surface area contributed by atoms with Crippen molar-refractivity contribution in [2.24, 2.45) is 0 Å². The second-order valence-electron chi connectivity index (χ2n) is 5.25. The van der Waals surface area contributed by atoms with Gasteiger partial charge >= 0.3 is 5.97 Å². The van der Waals surface area contributed by atoms with Gasteiger partial charge < -0.3 is 9.26 Å². The van der Waals surface area contributed by atoms with Crippen LogP contribution in [0.15, 0.2) is 59.1 Å². The molecular weight excluding hydrogens is 343 g/mol. The summed E-state index contributed by atoms with van der Waals surface area (Å²) < 4.78 is 24.3. The highest BCUT2D eigenvalue weighted by molar-refractivity contribution is 7.20. The molecule has 25 heavy (non-hydrogen) atoms. The van der Waals surface area contributed by atoms with Gasteiger partial charge in [-0.15, -0.1) is 11.3 Å². The van der Waals surface area contributed by atoms with E-state index in [1.165, 1.54) is 23.5 Å². The van der Waals surface area contributed by atoms with Crippen LogP contribution in [0.25, 0.3) is 21.5 Å². The summed E-state index contributed by atoms with van der Waals surface area (Å²) in [6.07, 6.45) is 0. The highest BCUT2D eigenvalue weighted by Gasteiger charge is 2.15. The molecular formula is C18H11FN2O3S. The number of hydrogen-bond acceptors (Lipinski definition) is 6. The highest BCUT2D eigenvalue weighted by Crippen LogP contribution is 2.27. The molecule has 2 aromatic heterocycles. The summed E-state index contributed by atoms with van der Waals surface area (Å²) in [5.74, 6) is -0.214. The summed E-state index contributed by atoms with van der Waals surface area (Å²) in [4.78, 5) is 16.7. The number of hydrogen-bond donors (Lipinski definition) is 0. The molecule has 0 unspecified atom stereocenters. The predicted octanol–water partition coefficient (Wildman–Crippen LogP) is 4.45. The largest absolute Gasteiger partial charge is 0.451 e.